The predicted octanol–water partition coefficient (Wildman–Crippen LogP) is 3.38. The first kappa shape index (κ1) is 19.7. The number of hydrogen-bond donors (Lipinski definition) is 2. The second-order valence-electron chi connectivity index (χ2n) is 6.07. The molecule has 0 radical (unpaired) electrons. The number of nitrogens with one attached hydrogen (secondary N) is 2. The summed E-state index contributed by atoms with van der Waals surface area (Å²) in [6.45, 7) is 9.95. The molecule has 1 unspecified atom stereocenters. The van der Waals surface area contributed by atoms with E-state index < -0.39 is 0 Å². The van der Waals surface area contributed by atoms with Crippen LogP contribution in [0.25, 0.3) is 0 Å². The predicted molar refractivity (Wildman–Crippen MR) is 106 cm³/mol. The Morgan fingerprint density at radius 1 is 1.45 bits per heavy atom. The molecule has 2 N–H and O–H groups in total. The van der Waals surface area contributed by atoms with Crippen molar-refractivity contribution < 1.29 is 4.74 Å². The molecule has 22 heavy (non-hydrogen) atoms. The number of halogens is 1. The quantitative estimate of drug-likeness (QED) is 0.408. The van der Waals surface area contributed by atoms with E-state index in [0.29, 0.717) is 6.10 Å². The normalized spacial score (nSPS) is 18.9. The Balaban J connectivity index is 0.00000242. The van der Waals surface area contributed by atoms with Crippen molar-refractivity contribution in [1.29, 1.82) is 0 Å². The van der Waals surface area contributed by atoms with Crippen LogP contribution in [0.3, 0.4) is 0 Å². The summed E-state index contributed by atoms with van der Waals surface area (Å²) in [5, 5.41) is 8.84. The molecule has 6 heteroatoms. The van der Waals surface area contributed by atoms with Crippen LogP contribution in [0.2, 0.25) is 0 Å². The van der Waals surface area contributed by atoms with Gasteiger partial charge in [-0.15, -0.1) is 35.3 Å². The zero-order valence-electron chi connectivity index (χ0n) is 13.7. The highest BCUT2D eigenvalue weighted by molar-refractivity contribution is 14.0. The van der Waals surface area contributed by atoms with Crippen LogP contribution in [0.4, 0.5) is 0 Å². The van der Waals surface area contributed by atoms with Gasteiger partial charge < -0.3 is 15.4 Å². The number of ether oxygens (including phenoxy) is 1. The Labute approximate surface area is 155 Å². The number of nitrogens with zero attached hydrogens (tertiary/aromatic N) is 1. The minimum absolute atomic E-state index is 0. The third-order valence-electron chi connectivity index (χ3n) is 3.69. The number of guanidine groups is 1. The molecule has 0 bridgehead atoms. The van der Waals surface area contributed by atoms with E-state index in [4.69, 9.17) is 9.73 Å². The highest BCUT2D eigenvalue weighted by atomic mass is 127. The van der Waals surface area contributed by atoms with Crippen molar-refractivity contribution in [3.8, 4) is 0 Å². The highest BCUT2D eigenvalue weighted by Gasteiger charge is 2.22. The monoisotopic (exact) mass is 437 g/mol. The number of rotatable bonds is 6. The third-order valence-corrected chi connectivity index (χ3v) is 4.92. The van der Waals surface area contributed by atoms with Crippen molar-refractivity contribution in [3.63, 3.8) is 0 Å². The molecule has 1 atom stereocenters. The van der Waals surface area contributed by atoms with Crippen LogP contribution in [-0.4, -0.2) is 38.3 Å². The summed E-state index contributed by atoms with van der Waals surface area (Å²) in [5.74, 6) is 0.887. The molecule has 0 aliphatic carbocycles. The van der Waals surface area contributed by atoms with Crippen molar-refractivity contribution in [3.05, 3.63) is 22.4 Å². The molecule has 126 valence electrons. The third kappa shape index (κ3) is 6.04. The molecule has 0 saturated carbocycles. The summed E-state index contributed by atoms with van der Waals surface area (Å²) < 4.78 is 5.64. The van der Waals surface area contributed by atoms with Gasteiger partial charge >= 0.3 is 0 Å². The van der Waals surface area contributed by atoms with Gasteiger partial charge in [-0.1, -0.05) is 19.9 Å². The topological polar surface area (TPSA) is 45.7 Å². The van der Waals surface area contributed by atoms with E-state index >= 15 is 0 Å². The van der Waals surface area contributed by atoms with E-state index in [9.17, 15) is 0 Å². The first-order valence-electron chi connectivity index (χ1n) is 7.79. The van der Waals surface area contributed by atoms with E-state index in [-0.39, 0.29) is 29.4 Å². The fourth-order valence-electron chi connectivity index (χ4n) is 2.38. The van der Waals surface area contributed by atoms with Crippen LogP contribution in [0, 0.1) is 0 Å². The number of hydrogen-bond acceptors (Lipinski definition) is 3. The van der Waals surface area contributed by atoms with E-state index in [1.54, 1.807) is 11.3 Å². The maximum absolute atomic E-state index is 5.64. The summed E-state index contributed by atoms with van der Waals surface area (Å²) in [4.78, 5) is 6.12. The smallest absolute Gasteiger partial charge is 0.191 e. The minimum atomic E-state index is 0. The molecule has 2 heterocycles. The van der Waals surface area contributed by atoms with E-state index in [0.717, 1.165) is 38.6 Å². The van der Waals surface area contributed by atoms with Gasteiger partial charge in [0.25, 0.3) is 0 Å². The Hall–Kier alpha value is -0.340. The second-order valence-corrected chi connectivity index (χ2v) is 7.02. The van der Waals surface area contributed by atoms with Gasteiger partial charge in [-0.25, -0.2) is 0 Å². The van der Waals surface area contributed by atoms with Gasteiger partial charge in [0, 0.05) is 30.0 Å². The van der Waals surface area contributed by atoms with Crippen molar-refractivity contribution >= 4 is 41.3 Å². The summed E-state index contributed by atoms with van der Waals surface area (Å²) in [6.07, 6.45) is 2.65. The van der Waals surface area contributed by atoms with Crippen molar-refractivity contribution in [2.75, 3.05) is 26.2 Å². The zero-order valence-corrected chi connectivity index (χ0v) is 16.9. The fourth-order valence-corrected chi connectivity index (χ4v) is 3.22. The Morgan fingerprint density at radius 2 is 2.27 bits per heavy atom. The summed E-state index contributed by atoms with van der Waals surface area (Å²) in [5.41, 5.74) is 0.0698. The molecule has 1 aliphatic heterocycles. The van der Waals surface area contributed by atoms with Gasteiger partial charge in [0.1, 0.15) is 0 Å². The Morgan fingerprint density at radius 3 is 2.86 bits per heavy atom. The van der Waals surface area contributed by atoms with Gasteiger partial charge in [-0.3, -0.25) is 4.99 Å². The first-order valence-corrected chi connectivity index (χ1v) is 8.67. The van der Waals surface area contributed by atoms with Crippen LogP contribution in [0.5, 0.6) is 0 Å². The maximum atomic E-state index is 5.64. The molecule has 0 spiro atoms. The molecule has 1 aliphatic rings. The second kappa shape index (κ2) is 9.72. The average molecular weight is 437 g/mol. The average Bonchev–Trinajstić information content (AvgIpc) is 3.14. The molecule has 1 aromatic rings. The highest BCUT2D eigenvalue weighted by Crippen LogP contribution is 2.27. The Kier molecular flexibility index (Phi) is 8.71. The lowest BCUT2D eigenvalue weighted by atomic mass is 9.92. The van der Waals surface area contributed by atoms with Crippen molar-refractivity contribution in [2.45, 2.75) is 45.1 Å². The molecule has 1 aromatic heterocycles. The molecule has 0 amide bonds. The van der Waals surface area contributed by atoms with E-state index in [1.807, 2.05) is 0 Å². The molecular weight excluding hydrogens is 409 g/mol. The fraction of sp³-hybridized carbons (Fsp3) is 0.688. The van der Waals surface area contributed by atoms with Gasteiger partial charge in [-0.05, 0) is 31.2 Å². The largest absolute Gasteiger partial charge is 0.376 e. The summed E-state index contributed by atoms with van der Waals surface area (Å²) in [7, 11) is 0. The molecule has 4 nitrogen and oxygen atoms in total. The Bertz CT molecular complexity index is 442. The maximum Gasteiger partial charge on any atom is 0.191 e. The van der Waals surface area contributed by atoms with Gasteiger partial charge in [0.2, 0.25) is 0 Å². The van der Waals surface area contributed by atoms with E-state index in [2.05, 4.69) is 48.9 Å². The molecule has 0 aromatic carbocycles. The summed E-state index contributed by atoms with van der Waals surface area (Å²) >= 11 is 1.80. The minimum Gasteiger partial charge on any atom is -0.376 e. The van der Waals surface area contributed by atoms with Crippen molar-refractivity contribution in [1.82, 2.24) is 10.6 Å². The SMILES string of the molecule is CCNC(=NCC(C)(C)c1cccs1)NCC1CCCO1.I. The van der Waals surface area contributed by atoms with Crippen LogP contribution in [0.1, 0.15) is 38.5 Å². The van der Waals surface area contributed by atoms with E-state index in [1.165, 1.54) is 11.3 Å². The van der Waals surface area contributed by atoms with Crippen LogP contribution < -0.4 is 10.6 Å². The molecule has 2 rings (SSSR count). The molecule has 1 saturated heterocycles. The zero-order chi connectivity index (χ0) is 15.1. The lowest BCUT2D eigenvalue weighted by Crippen LogP contribution is -2.41. The molecule has 1 fully saturated rings. The number of aliphatic imine (C=N–C) groups is 1. The van der Waals surface area contributed by atoms with Crippen molar-refractivity contribution in [2.24, 2.45) is 4.99 Å². The standard InChI is InChI=1S/C16H27N3OS.HI/c1-4-17-15(18-11-13-7-5-9-20-13)19-12-16(2,3)14-8-6-10-21-14;/h6,8,10,13H,4-5,7,9,11-12H2,1-3H3,(H2,17,18,19);1H. The van der Waals surface area contributed by atoms with Crippen LogP contribution in [0.15, 0.2) is 22.5 Å². The van der Waals surface area contributed by atoms with Gasteiger partial charge in [0.05, 0.1) is 12.6 Å². The summed E-state index contributed by atoms with van der Waals surface area (Å²) in [6, 6.07) is 4.29. The van der Waals surface area contributed by atoms with Gasteiger partial charge in [-0.2, -0.15) is 0 Å². The number of thiophene rings is 1. The lowest BCUT2D eigenvalue weighted by molar-refractivity contribution is 0.114. The van der Waals surface area contributed by atoms with Gasteiger partial charge in [0.15, 0.2) is 5.96 Å². The first-order chi connectivity index (χ1) is 10.1. The molecular formula is C16H28IN3OS. The van der Waals surface area contributed by atoms with Crippen LogP contribution in [-0.2, 0) is 10.2 Å². The van der Waals surface area contributed by atoms with Crippen LogP contribution >= 0.6 is 35.3 Å². The lowest BCUT2D eigenvalue weighted by Gasteiger charge is -2.22.